The fraction of sp³-hybridized carbons (Fsp3) is 0.265. The fourth-order valence-corrected chi connectivity index (χ4v) is 7.02. The van der Waals surface area contributed by atoms with Gasteiger partial charge in [0.15, 0.2) is 10.4 Å². The number of anilines is 2. The minimum atomic E-state index is -0.390. The van der Waals surface area contributed by atoms with E-state index in [1.807, 2.05) is 51.9 Å². The Balaban J connectivity index is 1.17. The zero-order chi connectivity index (χ0) is 29.5. The van der Waals surface area contributed by atoms with Gasteiger partial charge in [-0.15, -0.1) is 0 Å². The molecule has 2 aromatic carbocycles. The maximum atomic E-state index is 13.7. The number of benzene rings is 2. The molecule has 2 aromatic heterocycles. The van der Waals surface area contributed by atoms with E-state index in [2.05, 4.69) is 44.4 Å². The molecule has 0 aliphatic carbocycles. The third-order valence-electron chi connectivity index (χ3n) is 8.75. The number of hydrogen-bond acceptors (Lipinski definition) is 5. The van der Waals surface area contributed by atoms with Crippen molar-refractivity contribution in [3.8, 4) is 0 Å². The molecule has 3 aliphatic rings. The van der Waals surface area contributed by atoms with Crippen molar-refractivity contribution >= 4 is 44.7 Å². The molecule has 1 saturated heterocycles. The summed E-state index contributed by atoms with van der Waals surface area (Å²) >= 11 is 3.27. The topological polar surface area (TPSA) is 87.8 Å². The second-order valence-corrected chi connectivity index (χ2v) is 12.3. The lowest BCUT2D eigenvalue weighted by atomic mass is 9.83. The number of nitrogens with zero attached hydrogens (tertiary/aromatic N) is 3. The van der Waals surface area contributed by atoms with Gasteiger partial charge >= 0.3 is 0 Å². The number of carbonyl (C=O) groups is 2. The summed E-state index contributed by atoms with van der Waals surface area (Å²) in [6, 6.07) is 24.6. The van der Waals surface area contributed by atoms with Crippen LogP contribution in [0.15, 0.2) is 98.8 Å². The minimum absolute atomic E-state index is 0.0459. The number of hydrogen-bond donors (Lipinski definition) is 1. The van der Waals surface area contributed by atoms with Crippen molar-refractivity contribution in [1.29, 1.82) is 0 Å². The van der Waals surface area contributed by atoms with E-state index in [0.29, 0.717) is 48.0 Å². The van der Waals surface area contributed by atoms with Crippen LogP contribution in [0, 0.1) is 5.92 Å². The third kappa shape index (κ3) is 5.45. The number of pyridine rings is 1. The molecular weight excluding hydrogens is 608 g/mol. The molecule has 43 heavy (non-hydrogen) atoms. The summed E-state index contributed by atoms with van der Waals surface area (Å²) in [6.07, 6.45) is 3.93. The number of amides is 2. The first-order valence-electron chi connectivity index (χ1n) is 14.6. The van der Waals surface area contributed by atoms with Gasteiger partial charge in [0.2, 0.25) is 0 Å². The first-order chi connectivity index (χ1) is 20.9. The molecule has 0 saturated carbocycles. The summed E-state index contributed by atoms with van der Waals surface area (Å²) in [7, 11) is 0. The van der Waals surface area contributed by atoms with Gasteiger partial charge in [-0.3, -0.25) is 14.4 Å². The van der Waals surface area contributed by atoms with Crippen LogP contribution >= 0.6 is 15.9 Å². The van der Waals surface area contributed by atoms with Gasteiger partial charge in [-0.05, 0) is 82.2 Å². The van der Waals surface area contributed by atoms with E-state index in [1.165, 1.54) is 11.1 Å². The Morgan fingerprint density at radius 3 is 2.56 bits per heavy atom. The van der Waals surface area contributed by atoms with Crippen LogP contribution < -0.4 is 15.8 Å². The molecule has 5 heterocycles. The van der Waals surface area contributed by atoms with E-state index in [9.17, 15) is 14.4 Å². The maximum absolute atomic E-state index is 13.7. The number of nitrogens with one attached hydrogen (secondary N) is 1. The minimum Gasteiger partial charge on any atom is -0.444 e. The average molecular weight is 640 g/mol. The molecule has 9 heteroatoms. The second-order valence-electron chi connectivity index (χ2n) is 11.5. The van der Waals surface area contributed by atoms with Crippen molar-refractivity contribution in [1.82, 2.24) is 9.47 Å². The predicted octanol–water partition coefficient (Wildman–Crippen LogP) is 6.01. The second kappa shape index (κ2) is 11.4. The lowest BCUT2D eigenvalue weighted by Gasteiger charge is -2.44. The highest BCUT2D eigenvalue weighted by Gasteiger charge is 2.35. The Hall–Kier alpha value is -4.37. The average Bonchev–Trinajstić information content (AvgIpc) is 3.48. The number of rotatable bonds is 5. The van der Waals surface area contributed by atoms with Crippen LogP contribution in [0.3, 0.4) is 0 Å². The Labute approximate surface area is 257 Å². The standard InChI is InChI=1S/C34H31BrN4O4/c35-31-12-11-30(43-31)33(41)36-27-18-25(34(42)37-15-13-24(14-16-37)23-5-2-1-3-6-23)9-10-29(27)38-19-22-17-26(21-38)28-7-4-8-32(40)39(28)20-22/h1-13,18,22,26H,14-17,19-21H2,(H,36,41). The molecule has 0 radical (unpaired) electrons. The van der Waals surface area contributed by atoms with E-state index >= 15 is 0 Å². The lowest BCUT2D eigenvalue weighted by molar-refractivity contribution is 0.0772. The SMILES string of the molecule is O=C(Nc1cc(C(=O)N2CC=C(c3ccccc3)CC2)ccc1N1CC2CC(C1)c1cccc(=O)n1C2)c1ccc(Br)o1. The summed E-state index contributed by atoms with van der Waals surface area (Å²) in [5, 5.41) is 3.03. The zero-order valence-corrected chi connectivity index (χ0v) is 25.1. The fourth-order valence-electron chi connectivity index (χ4n) is 6.71. The van der Waals surface area contributed by atoms with E-state index < -0.39 is 0 Å². The summed E-state index contributed by atoms with van der Waals surface area (Å²) in [5.41, 5.74) is 5.46. The molecule has 7 rings (SSSR count). The van der Waals surface area contributed by atoms with Gasteiger partial charge in [0.25, 0.3) is 17.4 Å². The van der Waals surface area contributed by atoms with Gasteiger partial charge in [-0.1, -0.05) is 42.5 Å². The summed E-state index contributed by atoms with van der Waals surface area (Å²) in [4.78, 5) is 43.6. The Kier molecular flexibility index (Phi) is 7.26. The quantitative estimate of drug-likeness (QED) is 0.289. The van der Waals surface area contributed by atoms with Gasteiger partial charge in [0, 0.05) is 56.0 Å². The molecule has 1 fully saturated rings. The van der Waals surface area contributed by atoms with Crippen LogP contribution in [-0.2, 0) is 6.54 Å². The van der Waals surface area contributed by atoms with Crippen LogP contribution in [0.5, 0.6) is 0 Å². The van der Waals surface area contributed by atoms with Gasteiger partial charge in [-0.25, -0.2) is 0 Å². The highest BCUT2D eigenvalue weighted by Crippen LogP contribution is 2.39. The molecule has 2 unspecified atom stereocenters. The number of carbonyl (C=O) groups excluding carboxylic acids is 2. The molecule has 2 amide bonds. The molecular formula is C34H31BrN4O4. The summed E-state index contributed by atoms with van der Waals surface area (Å²) in [6.45, 7) is 3.29. The smallest absolute Gasteiger partial charge is 0.291 e. The number of piperidine rings is 1. The van der Waals surface area contributed by atoms with Crippen molar-refractivity contribution in [2.24, 2.45) is 5.92 Å². The van der Waals surface area contributed by atoms with E-state index in [1.54, 1.807) is 24.3 Å². The summed E-state index contributed by atoms with van der Waals surface area (Å²) in [5.74, 6) is 0.212. The Bertz CT molecular complexity index is 1790. The van der Waals surface area contributed by atoms with Crippen molar-refractivity contribution in [2.75, 3.05) is 36.4 Å². The molecule has 1 N–H and O–H groups in total. The Morgan fingerprint density at radius 1 is 0.930 bits per heavy atom. The van der Waals surface area contributed by atoms with Gasteiger partial charge < -0.3 is 24.1 Å². The maximum Gasteiger partial charge on any atom is 0.291 e. The van der Waals surface area contributed by atoms with Crippen LogP contribution in [0.2, 0.25) is 0 Å². The van der Waals surface area contributed by atoms with Crippen molar-refractivity contribution in [3.05, 3.63) is 123 Å². The van der Waals surface area contributed by atoms with Crippen LogP contribution in [0.4, 0.5) is 11.4 Å². The number of furan rings is 1. The normalized spacial score (nSPS) is 19.4. The number of aromatic nitrogens is 1. The monoisotopic (exact) mass is 638 g/mol. The van der Waals surface area contributed by atoms with Crippen LogP contribution in [-0.4, -0.2) is 47.5 Å². The highest BCUT2D eigenvalue weighted by atomic mass is 79.9. The molecule has 218 valence electrons. The van der Waals surface area contributed by atoms with Crippen molar-refractivity contribution in [2.45, 2.75) is 25.3 Å². The van der Waals surface area contributed by atoms with Gasteiger partial charge in [-0.2, -0.15) is 0 Å². The first kappa shape index (κ1) is 27.5. The molecule has 2 atom stereocenters. The van der Waals surface area contributed by atoms with E-state index in [-0.39, 0.29) is 29.1 Å². The van der Waals surface area contributed by atoms with E-state index in [4.69, 9.17) is 4.42 Å². The van der Waals surface area contributed by atoms with E-state index in [0.717, 1.165) is 30.8 Å². The molecule has 8 nitrogen and oxygen atoms in total. The largest absolute Gasteiger partial charge is 0.444 e. The molecule has 3 aliphatic heterocycles. The van der Waals surface area contributed by atoms with Gasteiger partial charge in [0.1, 0.15) is 0 Å². The molecule has 4 aromatic rings. The number of halogens is 1. The molecule has 0 spiro atoms. The van der Waals surface area contributed by atoms with Crippen molar-refractivity contribution < 1.29 is 14.0 Å². The molecule has 2 bridgehead atoms. The predicted molar refractivity (Wildman–Crippen MR) is 170 cm³/mol. The third-order valence-corrected chi connectivity index (χ3v) is 9.18. The number of fused-ring (bicyclic) bond motifs is 4. The van der Waals surface area contributed by atoms with Crippen molar-refractivity contribution in [3.63, 3.8) is 0 Å². The Morgan fingerprint density at radius 2 is 1.79 bits per heavy atom. The first-order valence-corrected chi connectivity index (χ1v) is 15.4. The van der Waals surface area contributed by atoms with Crippen LogP contribution in [0.1, 0.15) is 50.9 Å². The van der Waals surface area contributed by atoms with Crippen LogP contribution in [0.25, 0.3) is 5.57 Å². The lowest BCUT2D eigenvalue weighted by Crippen LogP contribution is -2.47. The zero-order valence-electron chi connectivity index (χ0n) is 23.5. The highest BCUT2D eigenvalue weighted by molar-refractivity contribution is 9.10. The van der Waals surface area contributed by atoms with Gasteiger partial charge in [0.05, 0.1) is 11.4 Å². The summed E-state index contributed by atoms with van der Waals surface area (Å²) < 4.78 is 7.88.